The van der Waals surface area contributed by atoms with Crippen molar-refractivity contribution in [3.8, 4) is 0 Å². The first-order chi connectivity index (χ1) is 14.6. The summed E-state index contributed by atoms with van der Waals surface area (Å²) in [4.78, 5) is 40.7. The van der Waals surface area contributed by atoms with Gasteiger partial charge in [-0.1, -0.05) is 18.2 Å². The highest BCUT2D eigenvalue weighted by Gasteiger charge is 2.29. The average molecular weight is 450 g/mol. The van der Waals surface area contributed by atoms with E-state index in [0.29, 0.717) is 12.2 Å². The van der Waals surface area contributed by atoms with Crippen LogP contribution >= 0.6 is 11.8 Å². The number of carbonyl (C=O) groups excluding carboxylic acids is 3. The number of nitrogens with two attached hydrogens (primary N) is 1. The van der Waals surface area contributed by atoms with Crippen molar-refractivity contribution < 1.29 is 19.1 Å². The molecule has 1 aromatic heterocycles. The van der Waals surface area contributed by atoms with Crippen LogP contribution in [0, 0.1) is 0 Å². The zero-order valence-electron chi connectivity index (χ0n) is 18.3. The summed E-state index contributed by atoms with van der Waals surface area (Å²) in [6, 6.07) is 5.92. The lowest BCUT2D eigenvalue weighted by Crippen LogP contribution is -2.55. The van der Waals surface area contributed by atoms with E-state index in [1.807, 2.05) is 30.5 Å². The molecule has 0 saturated carbocycles. The highest BCUT2D eigenvalue weighted by atomic mass is 32.2. The third-order valence-corrected chi connectivity index (χ3v) is 5.14. The minimum atomic E-state index is -0.948. The molecule has 1 aromatic carbocycles. The molecule has 6 N–H and O–H groups in total. The smallest absolute Gasteiger partial charge is 0.408 e. The number of benzene rings is 1. The lowest BCUT2D eigenvalue weighted by molar-refractivity contribution is -0.130. The van der Waals surface area contributed by atoms with Gasteiger partial charge in [0.2, 0.25) is 5.91 Å². The normalized spacial score (nSPS) is 13.3. The summed E-state index contributed by atoms with van der Waals surface area (Å²) in [7, 11) is 0. The number of aromatic amines is 1. The molecule has 10 heteroatoms. The van der Waals surface area contributed by atoms with Crippen molar-refractivity contribution in [2.75, 3.05) is 12.0 Å². The van der Waals surface area contributed by atoms with E-state index in [4.69, 9.17) is 10.6 Å². The topological polar surface area (TPSA) is 138 Å². The molecule has 0 fully saturated rings. The Bertz CT molecular complexity index is 909. The summed E-state index contributed by atoms with van der Waals surface area (Å²) in [5, 5.41) is 6.29. The van der Waals surface area contributed by atoms with Crippen LogP contribution in [-0.2, 0) is 20.7 Å². The zero-order chi connectivity index (χ0) is 23.0. The number of nitrogens with one attached hydrogen (secondary N) is 4. The van der Waals surface area contributed by atoms with E-state index in [1.165, 1.54) is 0 Å². The number of fused-ring (bicyclic) bond motifs is 1. The maximum absolute atomic E-state index is 13.1. The van der Waals surface area contributed by atoms with Gasteiger partial charge in [0.05, 0.1) is 0 Å². The van der Waals surface area contributed by atoms with E-state index in [-0.39, 0.29) is 6.42 Å². The van der Waals surface area contributed by atoms with Crippen molar-refractivity contribution in [1.29, 1.82) is 0 Å². The Kier molecular flexibility index (Phi) is 8.76. The molecule has 0 aliphatic heterocycles. The fourth-order valence-electron chi connectivity index (χ4n) is 3.06. The molecule has 3 amide bonds. The third kappa shape index (κ3) is 7.48. The van der Waals surface area contributed by atoms with Gasteiger partial charge in [-0.3, -0.25) is 15.0 Å². The number of alkyl carbamates (subject to hydrolysis) is 1. The average Bonchev–Trinajstić information content (AvgIpc) is 3.11. The van der Waals surface area contributed by atoms with Crippen molar-refractivity contribution >= 4 is 40.6 Å². The van der Waals surface area contributed by atoms with Crippen molar-refractivity contribution in [3.63, 3.8) is 0 Å². The number of hydrogen-bond donors (Lipinski definition) is 5. The maximum atomic E-state index is 13.1. The first-order valence-electron chi connectivity index (χ1n) is 9.99. The first kappa shape index (κ1) is 24.5. The highest BCUT2D eigenvalue weighted by molar-refractivity contribution is 7.98. The van der Waals surface area contributed by atoms with Crippen LogP contribution in [0.5, 0.6) is 0 Å². The van der Waals surface area contributed by atoms with Crippen LogP contribution in [-0.4, -0.2) is 52.6 Å². The third-order valence-electron chi connectivity index (χ3n) is 4.49. The molecule has 0 unspecified atom stereocenters. The number of ether oxygens (including phenoxy) is 1. The Morgan fingerprint density at radius 1 is 1.13 bits per heavy atom. The predicted octanol–water partition coefficient (Wildman–Crippen LogP) is 1.83. The van der Waals surface area contributed by atoms with Crippen LogP contribution in [0.25, 0.3) is 10.9 Å². The lowest BCUT2D eigenvalue weighted by atomic mass is 10.0. The Hall–Kier alpha value is -2.72. The molecule has 0 aliphatic rings. The number of H-pyrrole nitrogens is 1. The predicted molar refractivity (Wildman–Crippen MR) is 122 cm³/mol. The monoisotopic (exact) mass is 449 g/mol. The number of para-hydroxylation sites is 1. The Morgan fingerprint density at radius 2 is 1.84 bits per heavy atom. The number of rotatable bonds is 9. The molecule has 0 aliphatic carbocycles. The van der Waals surface area contributed by atoms with Crippen LogP contribution in [0.1, 0.15) is 32.8 Å². The largest absolute Gasteiger partial charge is 0.444 e. The van der Waals surface area contributed by atoms with E-state index in [1.54, 1.807) is 38.7 Å². The van der Waals surface area contributed by atoms with Crippen molar-refractivity contribution in [2.24, 2.45) is 5.84 Å². The first-order valence-corrected chi connectivity index (χ1v) is 11.4. The molecular weight excluding hydrogens is 418 g/mol. The van der Waals surface area contributed by atoms with Gasteiger partial charge in [0.1, 0.15) is 17.7 Å². The zero-order valence-corrected chi connectivity index (χ0v) is 19.1. The molecule has 2 aromatic rings. The SMILES string of the molecule is CSCC[C@H](NC(=O)[C@@H](Cc1c[nH]c2ccccc12)NC(=O)OC(C)(C)C)C(=O)NN. The minimum Gasteiger partial charge on any atom is -0.444 e. The quantitative estimate of drug-likeness (QED) is 0.225. The second kappa shape index (κ2) is 11.1. The number of amides is 3. The second-order valence-electron chi connectivity index (χ2n) is 8.11. The van der Waals surface area contributed by atoms with Crippen LogP contribution in [0.2, 0.25) is 0 Å². The second-order valence-corrected chi connectivity index (χ2v) is 9.10. The summed E-state index contributed by atoms with van der Waals surface area (Å²) in [6.07, 6.45) is 3.62. The maximum Gasteiger partial charge on any atom is 0.408 e. The molecular formula is C21H31N5O4S. The molecule has 170 valence electrons. The summed E-state index contributed by atoms with van der Waals surface area (Å²) in [6.45, 7) is 5.22. The number of aromatic nitrogens is 1. The van der Waals surface area contributed by atoms with Gasteiger partial charge in [-0.15, -0.1) is 0 Å². The van der Waals surface area contributed by atoms with Gasteiger partial charge in [0.25, 0.3) is 5.91 Å². The Balaban J connectivity index is 2.23. The number of thioether (sulfide) groups is 1. The van der Waals surface area contributed by atoms with E-state index < -0.39 is 35.6 Å². The standard InChI is InChI=1S/C21H31N5O4S/c1-21(2,3)30-20(29)25-17(11-13-12-23-15-8-6-5-7-14(13)15)18(27)24-16(9-10-31-4)19(28)26-22/h5-8,12,16-17,23H,9-11,22H2,1-4H3,(H,24,27)(H,25,29)(H,26,28)/t16-,17+/m0/s1. The lowest BCUT2D eigenvalue weighted by Gasteiger charge is -2.25. The van der Waals surface area contributed by atoms with Gasteiger partial charge < -0.3 is 20.4 Å². The fourth-order valence-corrected chi connectivity index (χ4v) is 3.53. The van der Waals surface area contributed by atoms with Crippen molar-refractivity contribution in [1.82, 2.24) is 21.0 Å². The van der Waals surface area contributed by atoms with Gasteiger partial charge in [0.15, 0.2) is 0 Å². The molecule has 0 bridgehead atoms. The molecule has 31 heavy (non-hydrogen) atoms. The summed E-state index contributed by atoms with van der Waals surface area (Å²) < 4.78 is 5.32. The summed E-state index contributed by atoms with van der Waals surface area (Å²) in [5.41, 5.74) is 3.15. The van der Waals surface area contributed by atoms with Crippen LogP contribution in [0.4, 0.5) is 4.79 Å². The number of hydrogen-bond acceptors (Lipinski definition) is 6. The van der Waals surface area contributed by atoms with Gasteiger partial charge >= 0.3 is 6.09 Å². The number of hydrazine groups is 1. The Labute approximate surface area is 186 Å². The van der Waals surface area contributed by atoms with E-state index in [2.05, 4.69) is 21.0 Å². The fraction of sp³-hybridized carbons (Fsp3) is 0.476. The van der Waals surface area contributed by atoms with Crippen LogP contribution in [0.3, 0.4) is 0 Å². The van der Waals surface area contributed by atoms with Gasteiger partial charge in [-0.2, -0.15) is 11.8 Å². The van der Waals surface area contributed by atoms with Gasteiger partial charge in [-0.05, 0) is 50.8 Å². The van der Waals surface area contributed by atoms with E-state index in [0.717, 1.165) is 16.5 Å². The molecule has 2 atom stereocenters. The van der Waals surface area contributed by atoms with Crippen molar-refractivity contribution in [3.05, 3.63) is 36.0 Å². The minimum absolute atomic E-state index is 0.217. The van der Waals surface area contributed by atoms with E-state index in [9.17, 15) is 14.4 Å². The summed E-state index contributed by atoms with van der Waals surface area (Å²) >= 11 is 1.55. The number of carbonyl (C=O) groups is 3. The molecule has 1 heterocycles. The van der Waals surface area contributed by atoms with Gasteiger partial charge in [-0.25, -0.2) is 10.6 Å². The molecule has 0 radical (unpaired) electrons. The van der Waals surface area contributed by atoms with E-state index >= 15 is 0 Å². The van der Waals surface area contributed by atoms with Crippen molar-refractivity contribution in [2.45, 2.75) is 51.3 Å². The molecule has 9 nitrogen and oxygen atoms in total. The molecule has 2 rings (SSSR count). The van der Waals surface area contributed by atoms with Crippen LogP contribution < -0.4 is 21.9 Å². The molecule has 0 spiro atoms. The van der Waals surface area contributed by atoms with Crippen LogP contribution in [0.15, 0.2) is 30.5 Å². The molecule has 0 saturated heterocycles. The van der Waals surface area contributed by atoms with Gasteiger partial charge in [0, 0.05) is 23.5 Å². The summed E-state index contributed by atoms with van der Waals surface area (Å²) in [5.74, 6) is 4.94. The highest BCUT2D eigenvalue weighted by Crippen LogP contribution is 2.19. The Morgan fingerprint density at radius 3 is 2.48 bits per heavy atom.